The molecule has 0 aliphatic rings. The van der Waals surface area contributed by atoms with Crippen LogP contribution in [0.15, 0.2) is 0 Å². The molecule has 0 saturated heterocycles. The van der Waals surface area contributed by atoms with Crippen molar-refractivity contribution in [1.82, 2.24) is 0 Å². The van der Waals surface area contributed by atoms with Crippen molar-refractivity contribution in [2.24, 2.45) is 0 Å². The maximum atomic E-state index is 11.5. The smallest absolute Gasteiger partial charge is 0.284 e. The van der Waals surface area contributed by atoms with Crippen LogP contribution in [-0.4, -0.2) is 43.4 Å². The van der Waals surface area contributed by atoms with Gasteiger partial charge in [0.1, 0.15) is 25.9 Å². The van der Waals surface area contributed by atoms with E-state index in [1.165, 1.54) is 0 Å². The highest BCUT2D eigenvalue weighted by Gasteiger charge is 2.81. The number of hydrogen-bond donors (Lipinski definition) is 1. The molecule has 27 heteroatoms. The molecule has 1 atom stereocenters. The van der Waals surface area contributed by atoms with Gasteiger partial charge in [-0.25, -0.2) is 4.18 Å². The first-order valence-electron chi connectivity index (χ1n) is 7.57. The topological polar surface area (TPSA) is 46.5 Å². The Morgan fingerprint density at radius 1 is 0.368 bits per heavy atom. The summed E-state index contributed by atoms with van der Waals surface area (Å²) in [5.41, 5.74) is 0. The lowest BCUT2D eigenvalue weighted by molar-refractivity contribution is 0.251. The molecule has 230 valence electrons. The second-order valence-corrected chi connectivity index (χ2v) is 48.1. The van der Waals surface area contributed by atoms with Gasteiger partial charge in [-0.05, 0) is 31.9 Å². The van der Waals surface area contributed by atoms with E-state index in [1.54, 1.807) is 0 Å². The molecule has 0 radical (unpaired) electrons. The third-order valence-electron chi connectivity index (χ3n) is 4.05. The summed E-state index contributed by atoms with van der Waals surface area (Å²) in [5, 5.41) is 0. The Kier molecular flexibility index (Phi) is 21.0. The van der Waals surface area contributed by atoms with Crippen LogP contribution < -0.4 is 0 Å². The van der Waals surface area contributed by atoms with E-state index < -0.39 is 46.0 Å². The number of halogens is 23. The molecule has 0 aliphatic heterocycles. The average molecular weight is 2050 g/mol. The van der Waals surface area contributed by atoms with Crippen molar-refractivity contribution in [2.75, 3.05) is 0 Å². The minimum absolute atomic E-state index is 0.889. The Labute approximate surface area is 415 Å². The fourth-order valence-electron chi connectivity index (χ4n) is 1.88. The third-order valence-corrected chi connectivity index (χ3v) is 51.9. The van der Waals surface area contributed by atoms with Gasteiger partial charge in [0.15, 0.2) is 5.38 Å². The van der Waals surface area contributed by atoms with Crippen LogP contribution in [0.1, 0.15) is 0 Å². The van der Waals surface area contributed by atoms with Gasteiger partial charge in [0.05, 0.1) is 0 Å². The van der Waals surface area contributed by atoms with Crippen LogP contribution in [0.3, 0.4) is 0 Å². The Hall–Kier alpha value is 11.1. The molecule has 0 bridgehead atoms. The number of hydrogen-bond acceptors (Lipinski definition) is 2. The van der Waals surface area contributed by atoms with Crippen molar-refractivity contribution in [1.29, 1.82) is 0 Å². The van der Waals surface area contributed by atoms with Gasteiger partial charge in [-0.1, -0.05) is 335 Å². The summed E-state index contributed by atoms with van der Waals surface area (Å²) >= 11 is 82.4. The maximum Gasteiger partial charge on any atom is 0.304 e. The predicted molar refractivity (Wildman–Crippen MR) is 247 cm³/mol. The van der Waals surface area contributed by atoms with E-state index >= 15 is 0 Å². The van der Waals surface area contributed by atoms with E-state index in [1.807, 2.05) is 0 Å². The molecule has 0 heterocycles. The standard InChI is InChI=1S/C11HBr23O3S/c12-1(13,2(14,15)4(18,19)6(22,23)8(26,27)10(30,31)32)3(16,17)5(20,21)7(24,25)9(28,29)11(33,34)37-38(35)36/h(H,35,36). The van der Waals surface area contributed by atoms with Crippen LogP contribution in [0.4, 0.5) is 0 Å². The van der Waals surface area contributed by atoms with Gasteiger partial charge in [0, 0.05) is 0 Å². The molecule has 0 aromatic heterocycles. The molecule has 1 N–H and O–H groups in total. The summed E-state index contributed by atoms with van der Waals surface area (Å²) in [6.45, 7) is 0. The van der Waals surface area contributed by atoms with Gasteiger partial charge in [-0.15, -0.1) is 0 Å². The zero-order chi connectivity index (χ0) is 31.8. The zero-order valence-electron chi connectivity index (χ0n) is 15.9. The lowest BCUT2D eigenvalue weighted by atomic mass is 10.0. The summed E-state index contributed by atoms with van der Waals surface area (Å²) in [6.07, 6.45) is 0. The van der Waals surface area contributed by atoms with E-state index in [-0.39, 0.29) is 0 Å². The molecule has 0 fully saturated rings. The summed E-state index contributed by atoms with van der Waals surface area (Å²) in [6, 6.07) is 0. The fraction of sp³-hybridized carbons (Fsp3) is 1.00. The molecule has 0 rings (SSSR count). The molecule has 3 nitrogen and oxygen atoms in total. The van der Waals surface area contributed by atoms with Gasteiger partial charge in [-0.3, -0.25) is 4.55 Å². The molecule has 0 spiro atoms. The fourth-order valence-corrected chi connectivity index (χ4v) is 24.3. The summed E-state index contributed by atoms with van der Waals surface area (Å²) < 4.78 is 12.3. The highest BCUT2D eigenvalue weighted by Crippen LogP contribution is 2.80. The van der Waals surface area contributed by atoms with E-state index in [9.17, 15) is 8.76 Å². The lowest BCUT2D eigenvalue weighted by Gasteiger charge is -2.60. The molecule has 0 saturated carbocycles. The Bertz CT molecular complexity index is 903. The van der Waals surface area contributed by atoms with Gasteiger partial charge in [0.25, 0.3) is 0 Å². The summed E-state index contributed by atoms with van der Waals surface area (Å²) in [4.78, 5) is 0. The maximum absolute atomic E-state index is 11.5. The van der Waals surface area contributed by atoms with E-state index in [2.05, 4.69) is 366 Å². The molecular weight excluding hydrogens is 2050 g/mol. The molecule has 0 aromatic rings. The van der Waals surface area contributed by atoms with Gasteiger partial charge in [0.2, 0.25) is 3.42 Å². The quantitative estimate of drug-likeness (QED) is 0.166. The van der Waals surface area contributed by atoms with Crippen molar-refractivity contribution >= 4 is 378 Å². The zero-order valence-corrected chi connectivity index (χ0v) is 53.2. The third kappa shape index (κ3) is 8.90. The first-order valence-corrected chi connectivity index (χ1v) is 26.8. The first-order chi connectivity index (χ1) is 15.9. The van der Waals surface area contributed by atoms with E-state index in [4.69, 9.17) is 4.18 Å². The SMILES string of the molecule is O=S(O)OC(Br)(Br)C(Br)(Br)C(Br)(Br)C(Br)(Br)C(Br)(Br)C(Br)(Br)C(Br)(Br)C(Br)(Br)C(Br)(Br)C(Br)(Br)C(Br)(Br)Br. The van der Waals surface area contributed by atoms with E-state index in [0.29, 0.717) is 0 Å². The minimum Gasteiger partial charge on any atom is -0.284 e. The van der Waals surface area contributed by atoms with Crippen molar-refractivity contribution in [3.63, 3.8) is 0 Å². The molecule has 38 heavy (non-hydrogen) atoms. The van der Waals surface area contributed by atoms with Gasteiger partial charge in [-0.2, -0.15) is 4.21 Å². The highest BCUT2D eigenvalue weighted by molar-refractivity contribution is 9.42. The Balaban J connectivity index is 7.20. The average Bonchev–Trinajstić information content (AvgIpc) is 2.64. The first kappa shape index (κ1) is 49.1. The van der Waals surface area contributed by atoms with E-state index in [0.717, 1.165) is 0 Å². The number of rotatable bonds is 11. The Morgan fingerprint density at radius 2 is 0.553 bits per heavy atom. The lowest BCUT2D eigenvalue weighted by Crippen LogP contribution is -2.71. The van der Waals surface area contributed by atoms with Gasteiger partial charge >= 0.3 is 11.4 Å². The molecule has 0 aliphatic carbocycles. The normalized spacial score (nSPS) is 17.6. The molecule has 1 unspecified atom stereocenters. The minimum atomic E-state index is -2.66. The largest absolute Gasteiger partial charge is 0.304 e. The van der Waals surface area contributed by atoms with Crippen LogP contribution in [0.5, 0.6) is 0 Å². The van der Waals surface area contributed by atoms with Crippen molar-refractivity contribution < 1.29 is 12.9 Å². The van der Waals surface area contributed by atoms with Crippen LogP contribution in [0, 0.1) is 0 Å². The second kappa shape index (κ2) is 16.2. The molecular formula is C11HBr23O3S. The van der Waals surface area contributed by atoms with Crippen LogP contribution in [0.25, 0.3) is 0 Å². The predicted octanol–water partition coefficient (Wildman–Crippen LogP) is 16.8. The molecule has 0 amide bonds. The molecule has 0 aromatic carbocycles. The van der Waals surface area contributed by atoms with Crippen molar-refractivity contribution in [2.45, 2.75) is 34.7 Å². The van der Waals surface area contributed by atoms with Crippen LogP contribution in [-0.2, 0) is 15.5 Å². The second-order valence-electron chi connectivity index (χ2n) is 6.48. The Morgan fingerprint density at radius 3 is 0.737 bits per heavy atom. The monoisotopic (exact) mass is 2030 g/mol. The number of alkyl halides is 23. The van der Waals surface area contributed by atoms with Crippen molar-refractivity contribution in [3.8, 4) is 0 Å². The highest BCUT2D eigenvalue weighted by atomic mass is 80.0. The van der Waals surface area contributed by atoms with Crippen LogP contribution >= 0.6 is 366 Å². The summed E-state index contributed by atoms with van der Waals surface area (Å²) in [5.74, 6) is 0. The summed E-state index contributed by atoms with van der Waals surface area (Å²) in [7, 11) is 0. The van der Waals surface area contributed by atoms with Crippen LogP contribution in [0.2, 0.25) is 0 Å². The van der Waals surface area contributed by atoms with Crippen molar-refractivity contribution in [3.05, 3.63) is 0 Å². The van der Waals surface area contributed by atoms with Gasteiger partial charge < -0.3 is 0 Å².